The van der Waals surface area contributed by atoms with Crippen molar-refractivity contribution in [2.24, 2.45) is 0 Å². The molecule has 4 aromatic rings. The van der Waals surface area contributed by atoms with E-state index in [2.05, 4.69) is 75.1 Å². The lowest BCUT2D eigenvalue weighted by Crippen LogP contribution is -2.29. The van der Waals surface area contributed by atoms with Gasteiger partial charge in [-0.15, -0.1) is 0 Å². The van der Waals surface area contributed by atoms with E-state index in [1.165, 1.54) is 11.6 Å². The summed E-state index contributed by atoms with van der Waals surface area (Å²) in [5, 5.41) is 6.18. The molecule has 2 aromatic heterocycles. The van der Waals surface area contributed by atoms with Crippen LogP contribution in [-0.4, -0.2) is 71.7 Å². The Morgan fingerprint density at radius 3 is 2.49 bits per heavy atom. The molecule has 10 heteroatoms. The molecule has 2 N–H and O–H groups in total. The molecule has 0 saturated carbocycles. The van der Waals surface area contributed by atoms with Gasteiger partial charge in [0.15, 0.2) is 5.65 Å². The number of nitrogens with zero attached hydrogens (tertiary/aromatic N) is 6. The lowest BCUT2D eigenvalue weighted by molar-refractivity contribution is -0.111. The molecule has 0 aliphatic carbocycles. The Bertz CT molecular complexity index is 1460. The van der Waals surface area contributed by atoms with Gasteiger partial charge in [0.2, 0.25) is 11.9 Å². The van der Waals surface area contributed by atoms with Crippen molar-refractivity contribution in [1.82, 2.24) is 24.4 Å². The van der Waals surface area contributed by atoms with E-state index in [0.29, 0.717) is 40.2 Å². The van der Waals surface area contributed by atoms with Crippen molar-refractivity contribution in [2.75, 3.05) is 56.9 Å². The van der Waals surface area contributed by atoms with Crippen LogP contribution in [0.2, 0.25) is 0 Å². The Hall–Kier alpha value is -4.44. The summed E-state index contributed by atoms with van der Waals surface area (Å²) < 4.78 is 7.64. The van der Waals surface area contributed by atoms with Crippen LogP contribution in [-0.2, 0) is 4.79 Å². The summed E-state index contributed by atoms with van der Waals surface area (Å²) in [5.41, 5.74) is 5.61. The summed E-state index contributed by atoms with van der Waals surface area (Å²) in [4.78, 5) is 30.1. The smallest absolute Gasteiger partial charge is 0.247 e. The SMILES string of the molecule is C=CC(=O)Nc1cc(Nc2ncc3ncn(-c4ccc(C(C)C)cc4)c3n2)c(OC)cc1N(C)CCN(C)C. The zero-order valence-electron chi connectivity index (χ0n) is 23.4. The van der Waals surface area contributed by atoms with Gasteiger partial charge in [-0.1, -0.05) is 32.6 Å². The van der Waals surface area contributed by atoms with E-state index in [9.17, 15) is 4.79 Å². The second-order valence-corrected chi connectivity index (χ2v) is 9.88. The molecule has 0 spiro atoms. The first-order chi connectivity index (χ1) is 18.7. The van der Waals surface area contributed by atoms with E-state index in [1.54, 1.807) is 19.6 Å². The zero-order chi connectivity index (χ0) is 28.1. The first-order valence-electron chi connectivity index (χ1n) is 12.8. The molecule has 0 unspecified atom stereocenters. The minimum absolute atomic E-state index is 0.307. The second-order valence-electron chi connectivity index (χ2n) is 9.88. The number of hydrogen-bond donors (Lipinski definition) is 2. The van der Waals surface area contributed by atoms with Crippen molar-refractivity contribution in [1.29, 1.82) is 0 Å². The Morgan fingerprint density at radius 2 is 1.85 bits per heavy atom. The first-order valence-corrected chi connectivity index (χ1v) is 12.8. The molecule has 0 radical (unpaired) electrons. The molecule has 0 aliphatic heterocycles. The number of carbonyl (C=O) groups excluding carboxylic acids is 1. The third-order valence-corrected chi connectivity index (χ3v) is 6.43. The summed E-state index contributed by atoms with van der Waals surface area (Å²) in [7, 11) is 7.61. The monoisotopic (exact) mass is 528 g/mol. The maximum absolute atomic E-state index is 12.3. The number of nitrogens with one attached hydrogen (secondary N) is 2. The van der Waals surface area contributed by atoms with Crippen LogP contribution in [0.4, 0.5) is 23.0 Å². The molecular weight excluding hydrogens is 492 g/mol. The number of amides is 1. The topological polar surface area (TPSA) is 100 Å². The van der Waals surface area contributed by atoms with Crippen molar-refractivity contribution in [3.63, 3.8) is 0 Å². The van der Waals surface area contributed by atoms with Crippen LogP contribution >= 0.6 is 0 Å². The minimum atomic E-state index is -0.307. The Labute approximate surface area is 229 Å². The van der Waals surface area contributed by atoms with Crippen LogP contribution in [0.25, 0.3) is 16.9 Å². The normalized spacial score (nSPS) is 11.2. The van der Waals surface area contributed by atoms with Crippen molar-refractivity contribution >= 4 is 40.1 Å². The summed E-state index contributed by atoms with van der Waals surface area (Å²) in [6.07, 6.45) is 4.67. The highest BCUT2D eigenvalue weighted by Gasteiger charge is 2.17. The third-order valence-electron chi connectivity index (χ3n) is 6.43. The van der Waals surface area contributed by atoms with Gasteiger partial charge in [0.1, 0.15) is 17.6 Å². The molecule has 4 rings (SSSR count). The quantitative estimate of drug-likeness (QED) is 0.268. The van der Waals surface area contributed by atoms with Crippen LogP contribution in [0.15, 0.2) is 61.6 Å². The highest BCUT2D eigenvalue weighted by Crippen LogP contribution is 2.38. The molecule has 1 amide bonds. The summed E-state index contributed by atoms with van der Waals surface area (Å²) in [5.74, 6) is 1.10. The third kappa shape index (κ3) is 6.35. The van der Waals surface area contributed by atoms with E-state index in [4.69, 9.17) is 9.72 Å². The average molecular weight is 529 g/mol. The first kappa shape index (κ1) is 27.6. The highest BCUT2D eigenvalue weighted by molar-refractivity contribution is 6.02. The molecular formula is C29H36N8O2. The van der Waals surface area contributed by atoms with Gasteiger partial charge < -0.3 is 25.2 Å². The van der Waals surface area contributed by atoms with Gasteiger partial charge in [-0.25, -0.2) is 9.97 Å². The summed E-state index contributed by atoms with van der Waals surface area (Å²) in [6, 6.07) is 12.1. The van der Waals surface area contributed by atoms with Gasteiger partial charge in [-0.2, -0.15) is 4.98 Å². The van der Waals surface area contributed by atoms with Gasteiger partial charge in [-0.3, -0.25) is 9.36 Å². The second kappa shape index (κ2) is 12.0. The number of imidazole rings is 1. The molecule has 10 nitrogen and oxygen atoms in total. The van der Waals surface area contributed by atoms with E-state index in [1.807, 2.05) is 37.8 Å². The lowest BCUT2D eigenvalue weighted by Gasteiger charge is -2.25. The Kier molecular flexibility index (Phi) is 8.46. The number of likely N-dealkylation sites (N-methyl/N-ethyl adjacent to an activating group) is 2. The number of aromatic nitrogens is 4. The highest BCUT2D eigenvalue weighted by atomic mass is 16.5. The molecule has 2 heterocycles. The lowest BCUT2D eigenvalue weighted by atomic mass is 10.0. The average Bonchev–Trinajstić information content (AvgIpc) is 3.35. The number of carbonyl (C=O) groups is 1. The van der Waals surface area contributed by atoms with Crippen molar-refractivity contribution in [3.8, 4) is 11.4 Å². The molecule has 0 atom stereocenters. The van der Waals surface area contributed by atoms with Crippen LogP contribution in [0.3, 0.4) is 0 Å². The van der Waals surface area contributed by atoms with Crippen LogP contribution in [0.5, 0.6) is 5.75 Å². The molecule has 204 valence electrons. The van der Waals surface area contributed by atoms with E-state index in [0.717, 1.165) is 24.5 Å². The summed E-state index contributed by atoms with van der Waals surface area (Å²) >= 11 is 0. The maximum atomic E-state index is 12.3. The standard InChI is InChI=1S/C29H36N8O2/c1-8-27(38)32-22-15-23(26(39-7)16-25(22)36(6)14-13-35(4)5)33-29-30-17-24-28(34-29)37(18-31-24)21-11-9-20(10-12-21)19(2)3/h8-12,15-19H,1,13-14H2,2-7H3,(H,32,38)(H,30,33,34). The molecule has 39 heavy (non-hydrogen) atoms. The van der Waals surface area contributed by atoms with Crippen molar-refractivity contribution in [2.45, 2.75) is 19.8 Å². The van der Waals surface area contributed by atoms with Gasteiger partial charge in [0.25, 0.3) is 0 Å². The number of anilines is 4. The van der Waals surface area contributed by atoms with Crippen LogP contribution in [0, 0.1) is 0 Å². The van der Waals surface area contributed by atoms with E-state index >= 15 is 0 Å². The fraction of sp³-hybridized carbons (Fsp3) is 0.310. The van der Waals surface area contributed by atoms with Gasteiger partial charge in [-0.05, 0) is 49.9 Å². The van der Waals surface area contributed by atoms with Gasteiger partial charge in [0, 0.05) is 31.9 Å². The van der Waals surface area contributed by atoms with Crippen LogP contribution < -0.4 is 20.3 Å². The number of methoxy groups -OCH3 is 1. The molecule has 0 saturated heterocycles. The number of rotatable bonds is 11. The molecule has 0 aliphatic rings. The fourth-order valence-electron chi connectivity index (χ4n) is 4.10. The maximum Gasteiger partial charge on any atom is 0.247 e. The number of fused-ring (bicyclic) bond motifs is 1. The largest absolute Gasteiger partial charge is 0.494 e. The zero-order valence-corrected chi connectivity index (χ0v) is 23.4. The van der Waals surface area contributed by atoms with Gasteiger partial charge >= 0.3 is 0 Å². The van der Waals surface area contributed by atoms with Gasteiger partial charge in [0.05, 0.1) is 30.4 Å². The van der Waals surface area contributed by atoms with E-state index in [-0.39, 0.29) is 5.91 Å². The molecule has 2 aromatic carbocycles. The molecule has 0 bridgehead atoms. The minimum Gasteiger partial charge on any atom is -0.494 e. The predicted octanol–water partition coefficient (Wildman–Crippen LogP) is 4.81. The fourth-order valence-corrected chi connectivity index (χ4v) is 4.10. The number of ether oxygens (including phenoxy) is 1. The summed E-state index contributed by atoms with van der Waals surface area (Å²) in [6.45, 7) is 9.52. The Balaban J connectivity index is 1.70. The number of benzene rings is 2. The van der Waals surface area contributed by atoms with Crippen molar-refractivity contribution in [3.05, 3.63) is 67.1 Å². The Morgan fingerprint density at radius 1 is 1.10 bits per heavy atom. The van der Waals surface area contributed by atoms with Crippen molar-refractivity contribution < 1.29 is 9.53 Å². The number of hydrogen-bond acceptors (Lipinski definition) is 8. The molecule has 0 fully saturated rings. The van der Waals surface area contributed by atoms with E-state index < -0.39 is 0 Å². The predicted molar refractivity (Wildman–Crippen MR) is 158 cm³/mol. The van der Waals surface area contributed by atoms with Crippen LogP contribution in [0.1, 0.15) is 25.3 Å².